The first-order valence-corrected chi connectivity index (χ1v) is 8.65. The molecule has 1 amide bonds. The molecule has 1 N–H and O–H groups in total. The predicted octanol–water partition coefficient (Wildman–Crippen LogP) is 2.94. The standard InChI is InChI=1S/C20H23NO5/c1-3-23-20(14-7-5-4-6-8-14)26-15-9-10-17(19(22)21-2)18(11-15)25-13-16-12-24-16/h4-11,16,20H,3,12-13H2,1-2H3,(H,21,22)/t16-,20?/m0/s1. The SMILES string of the molecule is CCOC(Oc1ccc(C(=O)NC)c(OC[C@@H]2CO2)c1)c1ccccc1. The Bertz CT molecular complexity index is 730. The van der Waals surface area contributed by atoms with Crippen molar-refractivity contribution >= 4 is 5.91 Å². The van der Waals surface area contributed by atoms with E-state index < -0.39 is 6.29 Å². The average Bonchev–Trinajstić information content (AvgIpc) is 3.51. The topological polar surface area (TPSA) is 69.3 Å². The molecule has 2 atom stereocenters. The molecule has 0 bridgehead atoms. The van der Waals surface area contributed by atoms with E-state index in [1.165, 1.54) is 0 Å². The Morgan fingerprint density at radius 2 is 2.04 bits per heavy atom. The summed E-state index contributed by atoms with van der Waals surface area (Å²) in [5.41, 5.74) is 1.37. The van der Waals surface area contributed by atoms with Gasteiger partial charge in [-0.3, -0.25) is 4.79 Å². The quantitative estimate of drug-likeness (QED) is 0.552. The minimum absolute atomic E-state index is 0.0950. The molecule has 1 unspecified atom stereocenters. The number of amides is 1. The highest BCUT2D eigenvalue weighted by molar-refractivity contribution is 5.96. The van der Waals surface area contributed by atoms with Gasteiger partial charge in [-0.1, -0.05) is 30.3 Å². The van der Waals surface area contributed by atoms with Crippen molar-refractivity contribution in [3.63, 3.8) is 0 Å². The van der Waals surface area contributed by atoms with Crippen molar-refractivity contribution in [2.75, 3.05) is 26.9 Å². The van der Waals surface area contributed by atoms with Crippen LogP contribution in [0.2, 0.25) is 0 Å². The van der Waals surface area contributed by atoms with Crippen LogP contribution in [0.25, 0.3) is 0 Å². The van der Waals surface area contributed by atoms with Crippen molar-refractivity contribution < 1.29 is 23.7 Å². The molecule has 26 heavy (non-hydrogen) atoms. The van der Waals surface area contributed by atoms with Crippen LogP contribution in [-0.4, -0.2) is 38.9 Å². The molecule has 6 heteroatoms. The Balaban J connectivity index is 1.81. The van der Waals surface area contributed by atoms with Crippen LogP contribution < -0.4 is 14.8 Å². The predicted molar refractivity (Wildman–Crippen MR) is 96.5 cm³/mol. The summed E-state index contributed by atoms with van der Waals surface area (Å²) >= 11 is 0. The monoisotopic (exact) mass is 357 g/mol. The Hall–Kier alpha value is -2.57. The summed E-state index contributed by atoms with van der Waals surface area (Å²) in [6.07, 6.45) is -0.440. The van der Waals surface area contributed by atoms with Crippen molar-refractivity contribution in [1.29, 1.82) is 0 Å². The molecule has 1 saturated heterocycles. The van der Waals surface area contributed by atoms with Gasteiger partial charge in [0.15, 0.2) is 0 Å². The summed E-state index contributed by atoms with van der Waals surface area (Å²) in [6, 6.07) is 14.8. The Kier molecular flexibility index (Phi) is 6.09. The first-order valence-electron chi connectivity index (χ1n) is 8.65. The average molecular weight is 357 g/mol. The van der Waals surface area contributed by atoms with E-state index in [9.17, 15) is 4.79 Å². The molecule has 0 aromatic heterocycles. The number of rotatable bonds is 9. The minimum atomic E-state index is -0.535. The number of nitrogens with one attached hydrogen (secondary N) is 1. The normalized spacial score (nSPS) is 16.6. The Labute approximate surface area is 153 Å². The van der Waals surface area contributed by atoms with E-state index in [-0.39, 0.29) is 12.0 Å². The Morgan fingerprint density at radius 3 is 2.69 bits per heavy atom. The van der Waals surface area contributed by atoms with E-state index in [2.05, 4.69) is 5.32 Å². The Morgan fingerprint density at radius 1 is 1.27 bits per heavy atom. The van der Waals surface area contributed by atoms with Crippen LogP contribution in [0, 0.1) is 0 Å². The summed E-state index contributed by atoms with van der Waals surface area (Å²) < 4.78 is 22.7. The van der Waals surface area contributed by atoms with Gasteiger partial charge in [-0.2, -0.15) is 0 Å². The van der Waals surface area contributed by atoms with E-state index in [1.807, 2.05) is 37.3 Å². The zero-order chi connectivity index (χ0) is 18.4. The van der Waals surface area contributed by atoms with E-state index in [4.69, 9.17) is 18.9 Å². The van der Waals surface area contributed by atoms with Crippen LogP contribution in [0.3, 0.4) is 0 Å². The third-order valence-corrected chi connectivity index (χ3v) is 3.88. The van der Waals surface area contributed by atoms with E-state index in [0.717, 1.165) is 5.56 Å². The number of hydrogen-bond donors (Lipinski definition) is 1. The van der Waals surface area contributed by atoms with Crippen molar-refractivity contribution in [2.45, 2.75) is 19.3 Å². The molecule has 1 heterocycles. The van der Waals surface area contributed by atoms with E-state index >= 15 is 0 Å². The van der Waals surface area contributed by atoms with Crippen molar-refractivity contribution in [1.82, 2.24) is 5.32 Å². The molecule has 0 aliphatic carbocycles. The number of ether oxygens (including phenoxy) is 4. The van der Waals surface area contributed by atoms with Gasteiger partial charge in [0.05, 0.1) is 12.2 Å². The van der Waals surface area contributed by atoms with Crippen LogP contribution in [0.5, 0.6) is 11.5 Å². The maximum atomic E-state index is 12.1. The second-order valence-electron chi connectivity index (χ2n) is 5.82. The van der Waals surface area contributed by atoms with Gasteiger partial charge in [0, 0.05) is 25.3 Å². The van der Waals surface area contributed by atoms with Gasteiger partial charge in [-0.05, 0) is 19.1 Å². The highest BCUT2D eigenvalue weighted by atomic mass is 16.7. The molecular formula is C20H23NO5. The number of carbonyl (C=O) groups excluding carboxylic acids is 1. The zero-order valence-electron chi connectivity index (χ0n) is 14.9. The highest BCUT2D eigenvalue weighted by Gasteiger charge is 2.24. The molecule has 2 aromatic rings. The van der Waals surface area contributed by atoms with Crippen molar-refractivity contribution in [3.05, 3.63) is 59.7 Å². The summed E-state index contributed by atoms with van der Waals surface area (Å²) in [5, 5.41) is 2.62. The second kappa shape index (κ2) is 8.69. The molecular weight excluding hydrogens is 334 g/mol. The molecule has 138 valence electrons. The smallest absolute Gasteiger partial charge is 0.254 e. The zero-order valence-corrected chi connectivity index (χ0v) is 14.9. The van der Waals surface area contributed by atoms with Crippen LogP contribution in [0.1, 0.15) is 29.1 Å². The summed E-state index contributed by atoms with van der Waals surface area (Å²) in [5.74, 6) is 0.806. The molecule has 0 spiro atoms. The first-order chi connectivity index (χ1) is 12.7. The lowest BCUT2D eigenvalue weighted by Gasteiger charge is -2.20. The lowest BCUT2D eigenvalue weighted by Crippen LogP contribution is -2.20. The van der Waals surface area contributed by atoms with Gasteiger partial charge < -0.3 is 24.3 Å². The molecule has 1 aliphatic heterocycles. The summed E-state index contributed by atoms with van der Waals surface area (Å²) in [6.45, 7) is 3.52. The third kappa shape index (κ3) is 4.74. The highest BCUT2D eigenvalue weighted by Crippen LogP contribution is 2.30. The van der Waals surface area contributed by atoms with E-state index in [1.54, 1.807) is 25.2 Å². The second-order valence-corrected chi connectivity index (χ2v) is 5.82. The first kappa shape index (κ1) is 18.2. The lowest BCUT2D eigenvalue weighted by molar-refractivity contribution is -0.0787. The van der Waals surface area contributed by atoms with Crippen LogP contribution in [-0.2, 0) is 9.47 Å². The molecule has 1 fully saturated rings. The number of epoxide rings is 1. The molecule has 3 rings (SSSR count). The van der Waals surface area contributed by atoms with Crippen LogP contribution >= 0.6 is 0 Å². The number of benzene rings is 2. The molecule has 0 saturated carbocycles. The van der Waals surface area contributed by atoms with Gasteiger partial charge in [0.25, 0.3) is 5.91 Å². The largest absolute Gasteiger partial charge is 0.490 e. The van der Waals surface area contributed by atoms with Gasteiger partial charge in [-0.15, -0.1) is 0 Å². The number of carbonyl (C=O) groups is 1. The maximum absolute atomic E-state index is 12.1. The van der Waals surface area contributed by atoms with Gasteiger partial charge in [0.2, 0.25) is 6.29 Å². The minimum Gasteiger partial charge on any atom is -0.490 e. The maximum Gasteiger partial charge on any atom is 0.254 e. The summed E-state index contributed by atoms with van der Waals surface area (Å²) in [4.78, 5) is 12.1. The molecule has 0 radical (unpaired) electrons. The fraction of sp³-hybridized carbons (Fsp3) is 0.350. The third-order valence-electron chi connectivity index (χ3n) is 3.88. The van der Waals surface area contributed by atoms with Gasteiger partial charge >= 0.3 is 0 Å². The summed E-state index contributed by atoms with van der Waals surface area (Å²) in [7, 11) is 1.58. The molecule has 2 aromatic carbocycles. The van der Waals surface area contributed by atoms with E-state index in [0.29, 0.717) is 36.9 Å². The van der Waals surface area contributed by atoms with Crippen LogP contribution in [0.15, 0.2) is 48.5 Å². The van der Waals surface area contributed by atoms with Crippen LogP contribution in [0.4, 0.5) is 0 Å². The lowest BCUT2D eigenvalue weighted by atomic mass is 10.1. The number of hydrogen-bond acceptors (Lipinski definition) is 5. The molecule has 6 nitrogen and oxygen atoms in total. The van der Waals surface area contributed by atoms with Crippen molar-refractivity contribution in [3.8, 4) is 11.5 Å². The van der Waals surface area contributed by atoms with Gasteiger partial charge in [0.1, 0.15) is 24.2 Å². The van der Waals surface area contributed by atoms with Gasteiger partial charge in [-0.25, -0.2) is 0 Å². The molecule has 1 aliphatic rings. The van der Waals surface area contributed by atoms with Crippen molar-refractivity contribution in [2.24, 2.45) is 0 Å². The fourth-order valence-corrected chi connectivity index (χ4v) is 2.45. The fourth-order valence-electron chi connectivity index (χ4n) is 2.45.